The highest BCUT2D eigenvalue weighted by Crippen LogP contribution is 2.32. The van der Waals surface area contributed by atoms with Crippen molar-refractivity contribution < 1.29 is 14.4 Å². The molecule has 3 aliphatic rings. The summed E-state index contributed by atoms with van der Waals surface area (Å²) in [4.78, 5) is 40.2. The van der Waals surface area contributed by atoms with Gasteiger partial charge in [-0.3, -0.25) is 24.6 Å². The van der Waals surface area contributed by atoms with Gasteiger partial charge in [-0.05, 0) is 23.6 Å². The van der Waals surface area contributed by atoms with Gasteiger partial charge in [0.25, 0.3) is 5.91 Å². The number of nitrogens with two attached hydrogens (primary N) is 1. The smallest absolute Gasteiger partial charge is 0.255 e. The van der Waals surface area contributed by atoms with Crippen LogP contribution in [0.3, 0.4) is 0 Å². The number of fused-ring (bicyclic) bond motifs is 1. The molecular formula is C19H24N4O3. The number of rotatable bonds is 4. The molecule has 0 aliphatic carbocycles. The molecule has 138 valence electrons. The van der Waals surface area contributed by atoms with E-state index in [1.165, 1.54) is 0 Å². The quantitative estimate of drug-likeness (QED) is 0.753. The van der Waals surface area contributed by atoms with Crippen molar-refractivity contribution in [3.8, 4) is 0 Å². The van der Waals surface area contributed by atoms with Crippen LogP contribution in [0.4, 0.5) is 0 Å². The number of hydrogen-bond acceptors (Lipinski definition) is 5. The summed E-state index contributed by atoms with van der Waals surface area (Å²) in [5.41, 5.74) is 8.71. The van der Waals surface area contributed by atoms with Gasteiger partial charge in [-0.15, -0.1) is 0 Å². The van der Waals surface area contributed by atoms with Crippen LogP contribution >= 0.6 is 0 Å². The summed E-state index contributed by atoms with van der Waals surface area (Å²) in [6, 6.07) is 5.42. The molecule has 0 bridgehead atoms. The molecule has 26 heavy (non-hydrogen) atoms. The fraction of sp³-hybridized carbons (Fsp3) is 0.526. The standard InChI is InChI=1S/C19H24N4O3/c1-19(9-20)10-22(11-19)7-12-2-3-13-8-23(18(26)14(13)6-12)15-4-5-16(24)21-17(15)25/h2-3,6,15H,4-5,7-11,20H2,1H3,(H,21,24,25). The van der Waals surface area contributed by atoms with Gasteiger partial charge < -0.3 is 10.6 Å². The van der Waals surface area contributed by atoms with Gasteiger partial charge in [-0.2, -0.15) is 0 Å². The first kappa shape index (κ1) is 17.2. The van der Waals surface area contributed by atoms with Crippen LogP contribution in [0.5, 0.6) is 0 Å². The van der Waals surface area contributed by atoms with E-state index in [4.69, 9.17) is 5.73 Å². The summed E-state index contributed by atoms with van der Waals surface area (Å²) in [5, 5.41) is 2.33. The summed E-state index contributed by atoms with van der Waals surface area (Å²) in [5.74, 6) is -0.757. The molecule has 3 heterocycles. The molecule has 3 aliphatic heterocycles. The lowest BCUT2D eigenvalue weighted by Gasteiger charge is -2.47. The first-order valence-corrected chi connectivity index (χ1v) is 9.07. The van der Waals surface area contributed by atoms with E-state index in [0.29, 0.717) is 25.1 Å². The van der Waals surface area contributed by atoms with E-state index in [9.17, 15) is 14.4 Å². The number of imide groups is 1. The number of likely N-dealkylation sites (tertiary alicyclic amines) is 1. The number of carbonyl (C=O) groups is 3. The molecule has 1 atom stereocenters. The highest BCUT2D eigenvalue weighted by Gasteiger charge is 2.40. The average molecular weight is 356 g/mol. The van der Waals surface area contributed by atoms with Gasteiger partial charge in [0.15, 0.2) is 0 Å². The Balaban J connectivity index is 1.46. The molecule has 2 saturated heterocycles. The minimum Gasteiger partial charge on any atom is -0.330 e. The van der Waals surface area contributed by atoms with Gasteiger partial charge >= 0.3 is 0 Å². The minimum absolute atomic E-state index is 0.119. The summed E-state index contributed by atoms with van der Waals surface area (Å²) in [7, 11) is 0. The van der Waals surface area contributed by atoms with Crippen molar-refractivity contribution in [2.45, 2.75) is 38.9 Å². The normalized spacial score (nSPS) is 25.1. The number of nitrogens with one attached hydrogen (secondary N) is 1. The minimum atomic E-state index is -0.559. The Morgan fingerprint density at radius 3 is 2.73 bits per heavy atom. The van der Waals surface area contributed by atoms with E-state index in [-0.39, 0.29) is 29.6 Å². The van der Waals surface area contributed by atoms with Crippen molar-refractivity contribution in [2.75, 3.05) is 19.6 Å². The van der Waals surface area contributed by atoms with Gasteiger partial charge in [0.2, 0.25) is 11.8 Å². The zero-order valence-corrected chi connectivity index (χ0v) is 15.0. The first-order chi connectivity index (χ1) is 12.4. The maximum atomic E-state index is 12.8. The topological polar surface area (TPSA) is 95.7 Å². The molecule has 3 amide bonds. The largest absolute Gasteiger partial charge is 0.330 e. The number of hydrogen-bond donors (Lipinski definition) is 2. The third kappa shape index (κ3) is 2.91. The Labute approximate surface area is 152 Å². The highest BCUT2D eigenvalue weighted by molar-refractivity contribution is 6.05. The Morgan fingerprint density at radius 2 is 2.04 bits per heavy atom. The second kappa shape index (κ2) is 6.17. The molecule has 1 aromatic rings. The lowest BCUT2D eigenvalue weighted by molar-refractivity contribution is -0.136. The Hall–Kier alpha value is -2.25. The van der Waals surface area contributed by atoms with Crippen molar-refractivity contribution >= 4 is 17.7 Å². The molecule has 1 aromatic carbocycles. The van der Waals surface area contributed by atoms with E-state index < -0.39 is 6.04 Å². The Bertz CT molecular complexity index is 785. The predicted octanol–water partition coefficient (Wildman–Crippen LogP) is 0.228. The number of benzene rings is 1. The van der Waals surface area contributed by atoms with Crippen molar-refractivity contribution in [1.82, 2.24) is 15.1 Å². The zero-order valence-electron chi connectivity index (χ0n) is 15.0. The molecule has 7 nitrogen and oxygen atoms in total. The summed E-state index contributed by atoms with van der Waals surface area (Å²) < 4.78 is 0. The van der Waals surface area contributed by atoms with E-state index in [1.54, 1.807) is 4.90 Å². The maximum absolute atomic E-state index is 12.8. The molecular weight excluding hydrogens is 332 g/mol. The molecule has 7 heteroatoms. The van der Waals surface area contributed by atoms with E-state index in [1.807, 2.05) is 12.1 Å². The van der Waals surface area contributed by atoms with Crippen LogP contribution in [-0.2, 0) is 22.7 Å². The Morgan fingerprint density at radius 1 is 1.27 bits per heavy atom. The maximum Gasteiger partial charge on any atom is 0.255 e. The van der Waals surface area contributed by atoms with E-state index in [0.717, 1.165) is 30.8 Å². The van der Waals surface area contributed by atoms with E-state index >= 15 is 0 Å². The van der Waals surface area contributed by atoms with Crippen molar-refractivity contribution in [1.29, 1.82) is 0 Å². The number of carbonyl (C=O) groups excluding carboxylic acids is 3. The van der Waals surface area contributed by atoms with Crippen LogP contribution < -0.4 is 11.1 Å². The first-order valence-electron chi connectivity index (χ1n) is 9.07. The molecule has 0 aromatic heterocycles. The predicted molar refractivity (Wildman–Crippen MR) is 94.9 cm³/mol. The van der Waals surface area contributed by atoms with Crippen molar-refractivity contribution in [3.63, 3.8) is 0 Å². The number of piperidine rings is 1. The van der Waals surface area contributed by atoms with Gasteiger partial charge in [0.1, 0.15) is 6.04 Å². The van der Waals surface area contributed by atoms with E-state index in [2.05, 4.69) is 23.2 Å². The van der Waals surface area contributed by atoms with Crippen molar-refractivity contribution in [2.24, 2.45) is 11.1 Å². The molecule has 0 spiro atoms. The molecule has 0 radical (unpaired) electrons. The number of nitrogens with zero attached hydrogens (tertiary/aromatic N) is 2. The zero-order chi connectivity index (χ0) is 18.5. The van der Waals surface area contributed by atoms with Crippen LogP contribution in [-0.4, -0.2) is 53.2 Å². The Kier molecular flexibility index (Phi) is 4.08. The SMILES string of the molecule is CC1(CN)CN(Cc2ccc3c(c2)C(=O)N(C2CCC(=O)NC2=O)C3)C1. The van der Waals surface area contributed by atoms with Crippen LogP contribution in [0.2, 0.25) is 0 Å². The van der Waals surface area contributed by atoms with Crippen LogP contribution in [0, 0.1) is 5.41 Å². The van der Waals surface area contributed by atoms with Gasteiger partial charge in [-0.25, -0.2) is 0 Å². The third-order valence-electron chi connectivity index (χ3n) is 5.70. The van der Waals surface area contributed by atoms with Crippen LogP contribution in [0.15, 0.2) is 18.2 Å². The molecule has 0 saturated carbocycles. The highest BCUT2D eigenvalue weighted by atomic mass is 16.2. The number of amides is 3. The second-order valence-corrected chi connectivity index (χ2v) is 8.05. The lowest BCUT2D eigenvalue weighted by atomic mass is 9.82. The summed E-state index contributed by atoms with van der Waals surface area (Å²) in [6.45, 7) is 6.04. The lowest BCUT2D eigenvalue weighted by Crippen LogP contribution is -2.57. The summed E-state index contributed by atoms with van der Waals surface area (Å²) in [6.07, 6.45) is 0.666. The molecule has 2 fully saturated rings. The monoisotopic (exact) mass is 356 g/mol. The molecule has 4 rings (SSSR count). The molecule has 3 N–H and O–H groups in total. The van der Waals surface area contributed by atoms with Crippen LogP contribution in [0.25, 0.3) is 0 Å². The average Bonchev–Trinajstić information content (AvgIpc) is 2.90. The molecule has 1 unspecified atom stereocenters. The third-order valence-corrected chi connectivity index (χ3v) is 5.70. The van der Waals surface area contributed by atoms with Crippen LogP contribution in [0.1, 0.15) is 41.3 Å². The second-order valence-electron chi connectivity index (χ2n) is 8.05. The van der Waals surface area contributed by atoms with Crippen molar-refractivity contribution in [3.05, 3.63) is 34.9 Å². The van der Waals surface area contributed by atoms with Gasteiger partial charge in [0, 0.05) is 50.1 Å². The van der Waals surface area contributed by atoms with Gasteiger partial charge in [-0.1, -0.05) is 19.1 Å². The fourth-order valence-corrected chi connectivity index (χ4v) is 4.23. The summed E-state index contributed by atoms with van der Waals surface area (Å²) >= 11 is 0. The fourth-order valence-electron chi connectivity index (χ4n) is 4.23. The van der Waals surface area contributed by atoms with Gasteiger partial charge in [0.05, 0.1) is 0 Å².